The molecular formula is C35H35ClN4O6S. The smallest absolute Gasteiger partial charge is 0.269 e. The molecule has 1 aliphatic carbocycles. The van der Waals surface area contributed by atoms with Gasteiger partial charge in [-0.15, -0.1) is 0 Å². The molecule has 1 atom stereocenters. The van der Waals surface area contributed by atoms with Crippen LogP contribution in [0.2, 0.25) is 5.02 Å². The van der Waals surface area contributed by atoms with Gasteiger partial charge in [-0.05, 0) is 60.4 Å². The van der Waals surface area contributed by atoms with E-state index in [2.05, 4.69) is 5.32 Å². The molecule has 1 unspecified atom stereocenters. The van der Waals surface area contributed by atoms with Gasteiger partial charge in [0.25, 0.3) is 15.7 Å². The fourth-order valence-electron chi connectivity index (χ4n) is 5.70. The highest BCUT2D eigenvalue weighted by molar-refractivity contribution is 7.92. The molecule has 1 aliphatic rings. The average Bonchev–Trinajstić information content (AvgIpc) is 3.60. The van der Waals surface area contributed by atoms with Crippen LogP contribution in [0.25, 0.3) is 0 Å². The number of amides is 2. The zero-order valence-corrected chi connectivity index (χ0v) is 27.1. The summed E-state index contributed by atoms with van der Waals surface area (Å²) in [6.45, 7) is -0.657. The maximum absolute atomic E-state index is 14.5. The van der Waals surface area contributed by atoms with E-state index in [1.807, 2.05) is 30.3 Å². The number of hydrogen-bond donors (Lipinski definition) is 1. The molecule has 1 fully saturated rings. The number of nitrogens with one attached hydrogen (secondary N) is 1. The molecule has 47 heavy (non-hydrogen) atoms. The molecule has 0 heterocycles. The molecule has 4 aromatic carbocycles. The second-order valence-electron chi connectivity index (χ2n) is 11.4. The van der Waals surface area contributed by atoms with E-state index in [0.717, 1.165) is 35.6 Å². The number of nitro benzene ring substituents is 1. The highest BCUT2D eigenvalue weighted by Gasteiger charge is 2.35. The van der Waals surface area contributed by atoms with Gasteiger partial charge < -0.3 is 10.2 Å². The van der Waals surface area contributed by atoms with Gasteiger partial charge in [0.2, 0.25) is 11.8 Å². The first kappa shape index (κ1) is 33.6. The Morgan fingerprint density at radius 2 is 1.45 bits per heavy atom. The molecule has 244 valence electrons. The van der Waals surface area contributed by atoms with Crippen molar-refractivity contribution in [2.45, 2.75) is 55.6 Å². The van der Waals surface area contributed by atoms with Gasteiger partial charge in [0.15, 0.2) is 0 Å². The fraction of sp³-hybridized carbons (Fsp3) is 0.257. The van der Waals surface area contributed by atoms with Crippen molar-refractivity contribution < 1.29 is 22.9 Å². The summed E-state index contributed by atoms with van der Waals surface area (Å²) in [7, 11) is -4.32. The van der Waals surface area contributed by atoms with Crippen LogP contribution in [0, 0.1) is 10.1 Å². The van der Waals surface area contributed by atoms with Gasteiger partial charge >= 0.3 is 0 Å². The molecule has 0 radical (unpaired) electrons. The van der Waals surface area contributed by atoms with Crippen molar-refractivity contribution in [3.63, 3.8) is 0 Å². The van der Waals surface area contributed by atoms with Crippen LogP contribution in [0.5, 0.6) is 0 Å². The van der Waals surface area contributed by atoms with E-state index in [9.17, 15) is 28.1 Å². The number of nitrogens with zero attached hydrogens (tertiary/aromatic N) is 3. The molecule has 0 aliphatic heterocycles. The molecule has 10 nitrogen and oxygen atoms in total. The van der Waals surface area contributed by atoms with Crippen LogP contribution in [0.1, 0.15) is 36.8 Å². The molecule has 2 amide bonds. The molecule has 4 aromatic rings. The van der Waals surface area contributed by atoms with Crippen molar-refractivity contribution in [2.75, 3.05) is 10.8 Å². The van der Waals surface area contributed by atoms with Crippen molar-refractivity contribution in [2.24, 2.45) is 0 Å². The van der Waals surface area contributed by atoms with Crippen molar-refractivity contribution in [1.29, 1.82) is 0 Å². The Morgan fingerprint density at radius 1 is 0.851 bits per heavy atom. The first-order valence-electron chi connectivity index (χ1n) is 15.3. The molecule has 1 saturated carbocycles. The van der Waals surface area contributed by atoms with Crippen LogP contribution in [-0.2, 0) is 32.6 Å². The van der Waals surface area contributed by atoms with Gasteiger partial charge in [-0.1, -0.05) is 85.1 Å². The highest BCUT2D eigenvalue weighted by atomic mass is 35.5. The van der Waals surface area contributed by atoms with E-state index in [1.54, 1.807) is 42.5 Å². The van der Waals surface area contributed by atoms with Crippen LogP contribution in [0.4, 0.5) is 11.4 Å². The summed E-state index contributed by atoms with van der Waals surface area (Å²) in [6, 6.07) is 27.8. The topological polar surface area (TPSA) is 130 Å². The lowest BCUT2D eigenvalue weighted by molar-refractivity contribution is -0.384. The van der Waals surface area contributed by atoms with E-state index in [0.29, 0.717) is 10.6 Å². The largest absolute Gasteiger partial charge is 0.352 e. The molecule has 0 bridgehead atoms. The van der Waals surface area contributed by atoms with Crippen LogP contribution < -0.4 is 9.62 Å². The van der Waals surface area contributed by atoms with Gasteiger partial charge in [-0.3, -0.25) is 24.0 Å². The number of rotatable bonds is 13. The maximum atomic E-state index is 14.5. The van der Waals surface area contributed by atoms with Crippen molar-refractivity contribution in [1.82, 2.24) is 10.2 Å². The Kier molecular flexibility index (Phi) is 10.9. The molecule has 12 heteroatoms. The molecule has 1 N–H and O–H groups in total. The molecule has 0 saturated heterocycles. The number of carbonyl (C=O) groups excluding carboxylic acids is 2. The summed E-state index contributed by atoms with van der Waals surface area (Å²) < 4.78 is 29.0. The minimum atomic E-state index is -4.32. The monoisotopic (exact) mass is 674 g/mol. The van der Waals surface area contributed by atoms with Crippen molar-refractivity contribution in [3.05, 3.63) is 135 Å². The minimum Gasteiger partial charge on any atom is -0.352 e. The van der Waals surface area contributed by atoms with E-state index in [1.165, 1.54) is 41.3 Å². The number of benzene rings is 4. The predicted octanol–water partition coefficient (Wildman–Crippen LogP) is 6.14. The Balaban J connectivity index is 1.56. The summed E-state index contributed by atoms with van der Waals surface area (Å²) in [5, 5.41) is 15.0. The quantitative estimate of drug-likeness (QED) is 0.134. The molecular weight excluding hydrogens is 640 g/mol. The minimum absolute atomic E-state index is 0.00503. The zero-order chi connectivity index (χ0) is 33.4. The van der Waals surface area contributed by atoms with Gasteiger partial charge in [-0.2, -0.15) is 0 Å². The first-order chi connectivity index (χ1) is 22.6. The first-order valence-corrected chi connectivity index (χ1v) is 17.1. The van der Waals surface area contributed by atoms with E-state index in [4.69, 9.17) is 11.6 Å². The van der Waals surface area contributed by atoms with Crippen LogP contribution in [-0.4, -0.2) is 48.7 Å². The van der Waals surface area contributed by atoms with Crippen LogP contribution >= 0.6 is 11.6 Å². The second kappa shape index (κ2) is 15.2. The van der Waals surface area contributed by atoms with E-state index in [-0.39, 0.29) is 41.2 Å². The SMILES string of the molecule is O=C(NC1CCCC1)C(Cc1ccccc1)N(Cc1ccc(Cl)cc1)C(=O)CN(c1ccc([N+](=O)[O-])cc1)S(=O)(=O)c1ccccc1. The van der Waals surface area contributed by atoms with E-state index >= 15 is 0 Å². The third-order valence-corrected chi connectivity index (χ3v) is 10.2. The molecule has 0 aromatic heterocycles. The molecule has 0 spiro atoms. The number of hydrogen-bond acceptors (Lipinski definition) is 6. The number of carbonyl (C=O) groups is 2. The number of sulfonamides is 1. The third kappa shape index (κ3) is 8.55. The molecule has 5 rings (SSSR count). The predicted molar refractivity (Wildman–Crippen MR) is 180 cm³/mol. The lowest BCUT2D eigenvalue weighted by atomic mass is 10.0. The summed E-state index contributed by atoms with van der Waals surface area (Å²) in [5.41, 5.74) is 1.36. The van der Waals surface area contributed by atoms with E-state index < -0.39 is 33.4 Å². The standard InChI is InChI=1S/C35H35ClN4O6S/c36-28-17-15-27(16-18-28)24-38(33(23-26-9-3-1-4-10-26)35(42)37-29-11-7-8-12-29)34(41)25-39(30-19-21-31(22-20-30)40(43)44)47(45,46)32-13-5-2-6-14-32/h1-6,9-10,13-22,29,33H,7-8,11-12,23-25H2,(H,37,42). The van der Waals surface area contributed by atoms with Gasteiger partial charge in [-0.25, -0.2) is 8.42 Å². The Morgan fingerprint density at radius 3 is 2.04 bits per heavy atom. The average molecular weight is 675 g/mol. The number of anilines is 1. The lowest BCUT2D eigenvalue weighted by Gasteiger charge is -2.34. The summed E-state index contributed by atoms with van der Waals surface area (Å²) in [5.74, 6) is -0.948. The summed E-state index contributed by atoms with van der Waals surface area (Å²) in [6.07, 6.45) is 3.89. The number of non-ortho nitro benzene ring substituents is 1. The van der Waals surface area contributed by atoms with Gasteiger partial charge in [0.05, 0.1) is 15.5 Å². The van der Waals surface area contributed by atoms with Crippen molar-refractivity contribution >= 4 is 44.8 Å². The Labute approximate surface area is 279 Å². The Hall–Kier alpha value is -4.74. The lowest BCUT2D eigenvalue weighted by Crippen LogP contribution is -2.54. The fourth-order valence-corrected chi connectivity index (χ4v) is 7.26. The zero-order valence-electron chi connectivity index (χ0n) is 25.6. The number of nitro groups is 1. The van der Waals surface area contributed by atoms with Crippen LogP contribution in [0.15, 0.2) is 114 Å². The Bertz CT molecular complexity index is 1780. The highest BCUT2D eigenvalue weighted by Crippen LogP contribution is 2.27. The number of halogens is 1. The third-order valence-electron chi connectivity index (χ3n) is 8.20. The van der Waals surface area contributed by atoms with Gasteiger partial charge in [0.1, 0.15) is 12.6 Å². The normalized spacial score (nSPS) is 13.9. The summed E-state index contributed by atoms with van der Waals surface area (Å²) in [4.78, 5) is 40.7. The van der Waals surface area contributed by atoms with Crippen LogP contribution in [0.3, 0.4) is 0 Å². The van der Waals surface area contributed by atoms with Gasteiger partial charge in [0, 0.05) is 36.2 Å². The second-order valence-corrected chi connectivity index (χ2v) is 13.7. The summed E-state index contributed by atoms with van der Waals surface area (Å²) >= 11 is 6.14. The maximum Gasteiger partial charge on any atom is 0.269 e. The van der Waals surface area contributed by atoms with Crippen molar-refractivity contribution in [3.8, 4) is 0 Å².